The SMILES string of the molecule is CCC(=O)N1CCC2(CC1)CN(CC(=O)NCc1cccs1)CCO2. The van der Waals surface area contributed by atoms with E-state index in [0.717, 1.165) is 39.0 Å². The summed E-state index contributed by atoms with van der Waals surface area (Å²) in [7, 11) is 0. The first kappa shape index (κ1) is 18.4. The largest absolute Gasteiger partial charge is 0.372 e. The van der Waals surface area contributed by atoms with Crippen LogP contribution in [0.1, 0.15) is 31.1 Å². The topological polar surface area (TPSA) is 61.9 Å². The Morgan fingerprint density at radius 3 is 2.80 bits per heavy atom. The van der Waals surface area contributed by atoms with Crippen molar-refractivity contribution in [1.29, 1.82) is 0 Å². The number of amides is 2. The van der Waals surface area contributed by atoms with Crippen molar-refractivity contribution in [2.24, 2.45) is 0 Å². The monoisotopic (exact) mass is 365 g/mol. The molecule has 1 aromatic heterocycles. The fraction of sp³-hybridized carbons (Fsp3) is 0.667. The van der Waals surface area contributed by atoms with Crippen LogP contribution < -0.4 is 5.32 Å². The number of hydrogen-bond donors (Lipinski definition) is 1. The first-order valence-corrected chi connectivity index (χ1v) is 9.91. The van der Waals surface area contributed by atoms with Crippen LogP contribution in [0.3, 0.4) is 0 Å². The Labute approximate surface area is 153 Å². The molecule has 25 heavy (non-hydrogen) atoms. The minimum Gasteiger partial charge on any atom is -0.372 e. The Hall–Kier alpha value is -1.44. The van der Waals surface area contributed by atoms with E-state index in [9.17, 15) is 9.59 Å². The molecule has 7 heteroatoms. The molecule has 138 valence electrons. The second-order valence-corrected chi connectivity index (χ2v) is 7.86. The summed E-state index contributed by atoms with van der Waals surface area (Å²) in [4.78, 5) is 29.3. The number of nitrogens with zero attached hydrogens (tertiary/aromatic N) is 2. The molecule has 2 saturated heterocycles. The van der Waals surface area contributed by atoms with E-state index in [-0.39, 0.29) is 17.4 Å². The van der Waals surface area contributed by atoms with Gasteiger partial charge in [0.2, 0.25) is 11.8 Å². The van der Waals surface area contributed by atoms with Crippen molar-refractivity contribution in [2.75, 3.05) is 39.3 Å². The summed E-state index contributed by atoms with van der Waals surface area (Å²) in [6, 6.07) is 4.02. The molecule has 2 aliphatic heterocycles. The minimum absolute atomic E-state index is 0.0593. The molecule has 0 atom stereocenters. The lowest BCUT2D eigenvalue weighted by molar-refractivity contribution is -0.152. The minimum atomic E-state index is -0.198. The first-order valence-electron chi connectivity index (χ1n) is 9.03. The average Bonchev–Trinajstić information content (AvgIpc) is 3.14. The van der Waals surface area contributed by atoms with E-state index in [4.69, 9.17) is 4.74 Å². The summed E-state index contributed by atoms with van der Waals surface area (Å²) < 4.78 is 6.09. The fourth-order valence-corrected chi connectivity index (χ4v) is 4.25. The summed E-state index contributed by atoms with van der Waals surface area (Å²) in [5.41, 5.74) is -0.198. The normalized spacial score (nSPS) is 20.6. The molecule has 0 aliphatic carbocycles. The molecule has 2 amide bonds. The second-order valence-electron chi connectivity index (χ2n) is 6.83. The molecule has 1 aromatic rings. The molecule has 3 heterocycles. The lowest BCUT2D eigenvalue weighted by Crippen LogP contribution is -2.58. The summed E-state index contributed by atoms with van der Waals surface area (Å²) in [5.74, 6) is 0.277. The van der Waals surface area contributed by atoms with Gasteiger partial charge in [-0.05, 0) is 24.3 Å². The lowest BCUT2D eigenvalue weighted by Gasteiger charge is -2.47. The number of nitrogens with one attached hydrogen (secondary N) is 1. The molecule has 2 fully saturated rings. The van der Waals surface area contributed by atoms with Crippen molar-refractivity contribution in [3.63, 3.8) is 0 Å². The van der Waals surface area contributed by atoms with Gasteiger partial charge in [-0.15, -0.1) is 11.3 Å². The van der Waals surface area contributed by atoms with Crippen molar-refractivity contribution in [3.8, 4) is 0 Å². The molecule has 1 spiro atoms. The fourth-order valence-electron chi connectivity index (χ4n) is 3.61. The number of piperidine rings is 1. The number of carbonyl (C=O) groups excluding carboxylic acids is 2. The highest BCUT2D eigenvalue weighted by Gasteiger charge is 2.40. The van der Waals surface area contributed by atoms with Crippen molar-refractivity contribution in [2.45, 2.75) is 38.3 Å². The maximum Gasteiger partial charge on any atom is 0.234 e. The number of morpholine rings is 1. The molecule has 0 aromatic carbocycles. The van der Waals surface area contributed by atoms with Crippen molar-refractivity contribution in [3.05, 3.63) is 22.4 Å². The van der Waals surface area contributed by atoms with Gasteiger partial charge >= 0.3 is 0 Å². The zero-order chi connectivity index (χ0) is 17.7. The van der Waals surface area contributed by atoms with E-state index < -0.39 is 0 Å². The van der Waals surface area contributed by atoms with E-state index >= 15 is 0 Å². The standard InChI is InChI=1S/C18H27N3O3S/c1-2-17(23)21-7-5-18(6-8-21)14-20(9-10-24-18)13-16(22)19-12-15-4-3-11-25-15/h3-4,11H,2,5-10,12-14H2,1H3,(H,19,22). The number of thiophene rings is 1. The van der Waals surface area contributed by atoms with Crippen LogP contribution >= 0.6 is 11.3 Å². The van der Waals surface area contributed by atoms with E-state index in [2.05, 4.69) is 10.2 Å². The van der Waals surface area contributed by atoms with Crippen LogP contribution in [0, 0.1) is 0 Å². The van der Waals surface area contributed by atoms with Crippen LogP contribution in [0.2, 0.25) is 0 Å². The zero-order valence-electron chi connectivity index (χ0n) is 14.8. The van der Waals surface area contributed by atoms with E-state index in [0.29, 0.717) is 26.1 Å². The Kier molecular flexibility index (Phi) is 6.09. The van der Waals surface area contributed by atoms with E-state index in [1.807, 2.05) is 29.3 Å². The summed E-state index contributed by atoms with van der Waals surface area (Å²) in [5, 5.41) is 5.01. The van der Waals surface area contributed by atoms with Gasteiger partial charge in [0.25, 0.3) is 0 Å². The third-order valence-electron chi connectivity index (χ3n) is 5.06. The number of carbonyl (C=O) groups is 2. The van der Waals surface area contributed by atoms with Crippen LogP contribution in [0.5, 0.6) is 0 Å². The van der Waals surface area contributed by atoms with Crippen LogP contribution in [0.25, 0.3) is 0 Å². The van der Waals surface area contributed by atoms with Gasteiger partial charge in [-0.1, -0.05) is 13.0 Å². The van der Waals surface area contributed by atoms with E-state index in [1.54, 1.807) is 11.3 Å². The van der Waals surface area contributed by atoms with Gasteiger partial charge in [0.05, 0.1) is 25.3 Å². The quantitative estimate of drug-likeness (QED) is 0.858. The average molecular weight is 365 g/mol. The predicted octanol–water partition coefficient (Wildman–Crippen LogP) is 1.47. The van der Waals surface area contributed by atoms with Gasteiger partial charge in [0.1, 0.15) is 0 Å². The third kappa shape index (κ3) is 4.80. The van der Waals surface area contributed by atoms with Crippen molar-refractivity contribution >= 4 is 23.2 Å². The Morgan fingerprint density at radius 2 is 2.12 bits per heavy atom. The smallest absolute Gasteiger partial charge is 0.234 e. The number of likely N-dealkylation sites (tertiary alicyclic amines) is 1. The molecule has 6 nitrogen and oxygen atoms in total. The molecule has 0 saturated carbocycles. The summed E-state index contributed by atoms with van der Waals surface area (Å²) in [6.45, 7) is 6.63. The van der Waals surface area contributed by atoms with Gasteiger partial charge in [-0.3, -0.25) is 14.5 Å². The molecular formula is C18H27N3O3S. The molecule has 0 radical (unpaired) electrons. The van der Waals surface area contributed by atoms with Crippen molar-refractivity contribution in [1.82, 2.24) is 15.1 Å². The Balaban J connectivity index is 1.46. The molecule has 1 N–H and O–H groups in total. The Bertz CT molecular complexity index is 582. The predicted molar refractivity (Wildman–Crippen MR) is 97.4 cm³/mol. The van der Waals surface area contributed by atoms with Gasteiger partial charge in [-0.2, -0.15) is 0 Å². The molecular weight excluding hydrogens is 338 g/mol. The van der Waals surface area contributed by atoms with Crippen LogP contribution in [-0.4, -0.2) is 66.5 Å². The molecule has 2 aliphatic rings. The number of ether oxygens (including phenoxy) is 1. The van der Waals surface area contributed by atoms with Crippen LogP contribution in [0.15, 0.2) is 17.5 Å². The third-order valence-corrected chi connectivity index (χ3v) is 5.94. The maximum atomic E-state index is 12.2. The number of rotatable bonds is 5. The van der Waals surface area contributed by atoms with Crippen molar-refractivity contribution < 1.29 is 14.3 Å². The molecule has 0 bridgehead atoms. The molecule has 0 unspecified atom stereocenters. The highest BCUT2D eigenvalue weighted by molar-refractivity contribution is 7.09. The first-order chi connectivity index (χ1) is 12.1. The maximum absolute atomic E-state index is 12.2. The summed E-state index contributed by atoms with van der Waals surface area (Å²) in [6.07, 6.45) is 2.27. The van der Waals surface area contributed by atoms with Gasteiger partial charge in [-0.25, -0.2) is 0 Å². The lowest BCUT2D eigenvalue weighted by atomic mass is 9.89. The Morgan fingerprint density at radius 1 is 1.32 bits per heavy atom. The van der Waals surface area contributed by atoms with Gasteiger partial charge < -0.3 is 15.0 Å². The van der Waals surface area contributed by atoms with Gasteiger partial charge in [0, 0.05) is 37.5 Å². The highest BCUT2D eigenvalue weighted by Crippen LogP contribution is 2.30. The van der Waals surface area contributed by atoms with E-state index in [1.165, 1.54) is 4.88 Å². The molecule has 3 rings (SSSR count). The summed E-state index contributed by atoms with van der Waals surface area (Å²) >= 11 is 1.65. The van der Waals surface area contributed by atoms with Crippen LogP contribution in [0.4, 0.5) is 0 Å². The second kappa shape index (κ2) is 8.29. The zero-order valence-corrected chi connectivity index (χ0v) is 15.6. The van der Waals surface area contributed by atoms with Gasteiger partial charge in [0.15, 0.2) is 0 Å². The van der Waals surface area contributed by atoms with Crippen LogP contribution in [-0.2, 0) is 20.9 Å². The highest BCUT2D eigenvalue weighted by atomic mass is 32.1. The number of hydrogen-bond acceptors (Lipinski definition) is 5.